The van der Waals surface area contributed by atoms with Crippen LogP contribution in [0.1, 0.15) is 44.8 Å². The summed E-state index contributed by atoms with van der Waals surface area (Å²) in [7, 11) is -2.59. The fourth-order valence-corrected chi connectivity index (χ4v) is 10.0. The van der Waals surface area contributed by atoms with E-state index in [4.69, 9.17) is 4.43 Å². The second-order valence-corrected chi connectivity index (χ2v) is 15.3. The summed E-state index contributed by atoms with van der Waals surface area (Å²) in [5, 5.41) is 5.84. The fourth-order valence-electron chi connectivity index (χ4n) is 4.16. The van der Waals surface area contributed by atoms with Gasteiger partial charge in [-0.05, 0) is 47.3 Å². The molecule has 3 rings (SSSR count). The van der Waals surface area contributed by atoms with Crippen molar-refractivity contribution < 1.29 is 4.43 Å². The van der Waals surface area contributed by atoms with E-state index in [1.54, 1.807) is 11.3 Å². The number of aryl methyl sites for hydroxylation is 1. The molecule has 1 heterocycles. The van der Waals surface area contributed by atoms with E-state index in [9.17, 15) is 0 Å². The lowest BCUT2D eigenvalue weighted by Gasteiger charge is -2.45. The molecule has 1 aromatic heterocycles. The Labute approximate surface area is 206 Å². The van der Waals surface area contributed by atoms with Crippen LogP contribution in [0.4, 0.5) is 0 Å². The Balaban J connectivity index is 2.15. The number of nitrogens with zero attached hydrogens (tertiary/aromatic N) is 1. The van der Waals surface area contributed by atoms with Crippen molar-refractivity contribution in [1.29, 1.82) is 0 Å². The maximum Gasteiger partial charge on any atom is 0.261 e. The van der Waals surface area contributed by atoms with Crippen molar-refractivity contribution in [3.05, 3.63) is 82.3 Å². The van der Waals surface area contributed by atoms with Crippen molar-refractivity contribution in [3.63, 3.8) is 0 Å². The van der Waals surface area contributed by atoms with Gasteiger partial charge in [0, 0.05) is 9.81 Å². The zero-order valence-corrected chi connectivity index (χ0v) is 23.0. The van der Waals surface area contributed by atoms with Gasteiger partial charge in [0.2, 0.25) is 0 Å². The van der Waals surface area contributed by atoms with Crippen LogP contribution in [0.5, 0.6) is 0 Å². The van der Waals surface area contributed by atoms with Crippen LogP contribution in [0.3, 0.4) is 0 Å². The number of aromatic nitrogens is 1. The van der Waals surface area contributed by atoms with Gasteiger partial charge in [0.1, 0.15) is 0 Å². The van der Waals surface area contributed by atoms with Gasteiger partial charge in [0.05, 0.1) is 16.8 Å². The quantitative estimate of drug-likeness (QED) is 0.175. The molecule has 0 saturated heterocycles. The van der Waals surface area contributed by atoms with Crippen molar-refractivity contribution in [2.45, 2.75) is 52.2 Å². The molecule has 0 saturated carbocycles. The van der Waals surface area contributed by atoms with Crippen molar-refractivity contribution in [2.75, 3.05) is 4.43 Å². The molecule has 0 fully saturated rings. The molecule has 0 unspecified atom stereocenters. The number of benzene rings is 2. The predicted octanol–water partition coefficient (Wildman–Crippen LogP) is 6.63. The van der Waals surface area contributed by atoms with Crippen LogP contribution >= 0.6 is 33.9 Å². The predicted molar refractivity (Wildman–Crippen MR) is 146 cm³/mol. The first-order chi connectivity index (χ1) is 14.8. The smallest absolute Gasteiger partial charge is 0.261 e. The molecule has 0 radical (unpaired) electrons. The zero-order chi connectivity index (χ0) is 22.5. The SMILES string of the molecule is C/C(=C\c1csc(C)n1)[C@H](CCI)O[Si](c1ccccc1)(c1ccccc1)C(C)(C)C. The van der Waals surface area contributed by atoms with E-state index >= 15 is 0 Å². The average Bonchev–Trinajstić information content (AvgIpc) is 3.16. The lowest BCUT2D eigenvalue weighted by molar-refractivity contribution is 0.220. The van der Waals surface area contributed by atoms with Crippen LogP contribution in [-0.4, -0.2) is 23.8 Å². The molecule has 164 valence electrons. The van der Waals surface area contributed by atoms with Gasteiger partial charge in [0.25, 0.3) is 8.32 Å². The van der Waals surface area contributed by atoms with Crippen molar-refractivity contribution >= 4 is 58.7 Å². The summed E-state index contributed by atoms with van der Waals surface area (Å²) in [5.74, 6) is 0. The van der Waals surface area contributed by atoms with Gasteiger partial charge in [-0.3, -0.25) is 0 Å². The van der Waals surface area contributed by atoms with Crippen LogP contribution in [0, 0.1) is 6.92 Å². The molecule has 0 aliphatic carbocycles. The van der Waals surface area contributed by atoms with Crippen LogP contribution in [0.15, 0.2) is 71.6 Å². The van der Waals surface area contributed by atoms with Crippen LogP contribution in [0.2, 0.25) is 5.04 Å². The summed E-state index contributed by atoms with van der Waals surface area (Å²) in [6.07, 6.45) is 3.24. The summed E-state index contributed by atoms with van der Waals surface area (Å²) >= 11 is 4.16. The Bertz CT molecular complexity index is 956. The first-order valence-corrected chi connectivity index (χ1v) is 15.0. The standard InChI is InChI=1S/C26H32INOSSi/c1-20(18-22-19-30-21(2)28-22)25(16-17-27)29-31(26(3,4)5,23-12-8-6-9-13-23)24-14-10-7-11-15-24/h6-15,18-19,25H,16-17H2,1-5H3/b20-18+/t25-/m0/s1. The molecular weight excluding hydrogens is 529 g/mol. The molecule has 0 aliphatic rings. The maximum absolute atomic E-state index is 7.40. The largest absolute Gasteiger partial charge is 0.401 e. The summed E-state index contributed by atoms with van der Waals surface area (Å²) in [6, 6.07) is 21.8. The molecule has 5 heteroatoms. The Morgan fingerprint density at radius 2 is 1.61 bits per heavy atom. The topological polar surface area (TPSA) is 22.1 Å². The molecule has 31 heavy (non-hydrogen) atoms. The van der Waals surface area contributed by atoms with Crippen molar-refractivity contribution in [1.82, 2.24) is 4.98 Å². The number of hydrogen-bond donors (Lipinski definition) is 0. The maximum atomic E-state index is 7.40. The fraction of sp³-hybridized carbons (Fsp3) is 0.346. The molecule has 2 nitrogen and oxygen atoms in total. The van der Waals surface area contributed by atoms with Gasteiger partial charge in [0.15, 0.2) is 0 Å². The van der Waals surface area contributed by atoms with Crippen molar-refractivity contribution in [2.24, 2.45) is 0 Å². The second-order valence-electron chi connectivity index (χ2n) is 8.93. The Kier molecular flexibility index (Phi) is 8.29. The summed E-state index contributed by atoms with van der Waals surface area (Å²) in [4.78, 5) is 4.65. The van der Waals surface area contributed by atoms with Crippen LogP contribution in [-0.2, 0) is 4.43 Å². The number of rotatable bonds is 8. The van der Waals surface area contributed by atoms with Gasteiger partial charge in [-0.15, -0.1) is 11.3 Å². The minimum Gasteiger partial charge on any atom is -0.401 e. The molecule has 0 bridgehead atoms. The van der Waals surface area contributed by atoms with E-state index in [1.165, 1.54) is 15.9 Å². The number of thiazole rings is 1. The first kappa shape index (κ1) is 24.4. The Hall–Kier alpha value is -1.28. The lowest BCUT2D eigenvalue weighted by Crippen LogP contribution is -2.67. The highest BCUT2D eigenvalue weighted by atomic mass is 127. The molecule has 1 atom stereocenters. The van der Waals surface area contributed by atoms with Gasteiger partial charge in [-0.25, -0.2) is 4.98 Å². The third-order valence-corrected chi connectivity index (χ3v) is 12.1. The van der Waals surface area contributed by atoms with E-state index < -0.39 is 8.32 Å². The van der Waals surface area contributed by atoms with Crippen LogP contribution in [0.25, 0.3) is 6.08 Å². The molecule has 0 spiro atoms. The minimum atomic E-state index is -2.59. The third kappa shape index (κ3) is 5.56. The van der Waals surface area contributed by atoms with Crippen molar-refractivity contribution in [3.8, 4) is 0 Å². The Morgan fingerprint density at radius 3 is 2.03 bits per heavy atom. The first-order valence-electron chi connectivity index (χ1n) is 10.7. The molecule has 0 amide bonds. The third-order valence-electron chi connectivity index (χ3n) is 5.63. The Morgan fingerprint density at radius 1 is 1.06 bits per heavy atom. The van der Waals surface area contributed by atoms with E-state index in [0.717, 1.165) is 21.5 Å². The van der Waals surface area contributed by atoms with E-state index in [-0.39, 0.29) is 11.1 Å². The van der Waals surface area contributed by atoms with Crippen LogP contribution < -0.4 is 10.4 Å². The summed E-state index contributed by atoms with van der Waals surface area (Å²) in [5.41, 5.74) is 2.28. The van der Waals surface area contributed by atoms with E-state index in [2.05, 4.69) is 134 Å². The highest BCUT2D eigenvalue weighted by Gasteiger charge is 2.51. The monoisotopic (exact) mass is 561 g/mol. The number of hydrogen-bond acceptors (Lipinski definition) is 3. The van der Waals surface area contributed by atoms with E-state index in [0.29, 0.717) is 0 Å². The zero-order valence-electron chi connectivity index (χ0n) is 19.1. The van der Waals surface area contributed by atoms with Gasteiger partial charge >= 0.3 is 0 Å². The molecule has 3 aromatic rings. The van der Waals surface area contributed by atoms with E-state index in [1.807, 2.05) is 0 Å². The second kappa shape index (κ2) is 10.6. The normalized spacial score (nSPS) is 13.9. The molecular formula is C26H32INOSSi. The molecule has 2 aromatic carbocycles. The minimum absolute atomic E-state index is 0.0310. The molecule has 0 N–H and O–H groups in total. The average molecular weight is 562 g/mol. The number of alkyl halides is 1. The highest BCUT2D eigenvalue weighted by Crippen LogP contribution is 2.39. The summed E-state index contributed by atoms with van der Waals surface area (Å²) < 4.78 is 8.44. The lowest BCUT2D eigenvalue weighted by atomic mass is 10.1. The molecule has 0 aliphatic heterocycles. The van der Waals surface area contributed by atoms with Gasteiger partial charge in [-0.2, -0.15) is 0 Å². The highest BCUT2D eigenvalue weighted by molar-refractivity contribution is 14.1. The van der Waals surface area contributed by atoms with Gasteiger partial charge < -0.3 is 4.43 Å². The van der Waals surface area contributed by atoms with Gasteiger partial charge in [-0.1, -0.05) is 104 Å². The number of halogens is 1. The summed E-state index contributed by atoms with van der Waals surface area (Å²) in [6.45, 7) is 11.3.